The van der Waals surface area contributed by atoms with Crippen molar-refractivity contribution in [3.8, 4) is 0 Å². The van der Waals surface area contributed by atoms with Crippen LogP contribution in [-0.2, 0) is 9.53 Å². The number of carbonyl (C=O) groups excluding carboxylic acids is 1. The molecule has 3 rings (SSSR count). The number of Topliss-reactive ketones (excluding diaryl/α,β-unsaturated/α-hetero) is 1. The number of fused-ring (bicyclic) bond motifs is 1. The van der Waals surface area contributed by atoms with Crippen LogP contribution in [0.25, 0.3) is 0 Å². The Balaban J connectivity index is 2.06. The van der Waals surface area contributed by atoms with E-state index in [1.165, 1.54) is 18.4 Å². The van der Waals surface area contributed by atoms with Crippen LogP contribution in [0.2, 0.25) is 0 Å². The highest BCUT2D eigenvalue weighted by Crippen LogP contribution is 2.42. The van der Waals surface area contributed by atoms with Crippen molar-refractivity contribution in [2.24, 2.45) is 4.99 Å². The summed E-state index contributed by atoms with van der Waals surface area (Å²) in [4.78, 5) is 29.2. The van der Waals surface area contributed by atoms with E-state index in [2.05, 4.69) is 4.99 Å². The van der Waals surface area contributed by atoms with E-state index in [1.54, 1.807) is 24.8 Å². The largest absolute Gasteiger partial charge is 0.495 e. The molecule has 0 bridgehead atoms. The average Bonchev–Trinajstić information content (AvgIpc) is 3.19. The average molecular weight is 410 g/mol. The van der Waals surface area contributed by atoms with Gasteiger partial charge in [0.2, 0.25) is 5.78 Å². The van der Waals surface area contributed by atoms with Gasteiger partial charge >= 0.3 is 5.97 Å². The van der Waals surface area contributed by atoms with Gasteiger partial charge < -0.3 is 9.84 Å². The highest BCUT2D eigenvalue weighted by Gasteiger charge is 2.36. The van der Waals surface area contributed by atoms with Crippen molar-refractivity contribution in [1.29, 1.82) is 0 Å². The second-order valence-electron chi connectivity index (χ2n) is 5.72. The van der Waals surface area contributed by atoms with Crippen LogP contribution in [0.5, 0.6) is 0 Å². The number of rotatable bonds is 6. The molecule has 26 heavy (non-hydrogen) atoms. The van der Waals surface area contributed by atoms with Crippen molar-refractivity contribution < 1.29 is 19.4 Å². The molecule has 1 aromatic rings. The van der Waals surface area contributed by atoms with Gasteiger partial charge in [0.25, 0.3) is 0 Å². The highest BCUT2D eigenvalue weighted by atomic mass is 35.5. The van der Waals surface area contributed by atoms with Crippen LogP contribution in [-0.4, -0.2) is 35.9 Å². The van der Waals surface area contributed by atoms with Crippen LogP contribution in [0.3, 0.4) is 0 Å². The number of thiophene rings is 1. The first-order chi connectivity index (χ1) is 12.4. The molecule has 0 atom stereocenters. The molecule has 5 nitrogen and oxygen atoms in total. The fourth-order valence-corrected chi connectivity index (χ4v) is 4.95. The van der Waals surface area contributed by atoms with Crippen LogP contribution < -0.4 is 0 Å². The SMILES string of the molecule is COC1=C(C(=O)c2ccc(SC)s2)CC2=NC(C)=C(CC(=O)O)C2=C1Cl. The lowest BCUT2D eigenvalue weighted by Gasteiger charge is -2.21. The molecule has 8 heteroatoms. The quantitative estimate of drug-likeness (QED) is 0.546. The Morgan fingerprint density at radius 2 is 2.15 bits per heavy atom. The first-order valence-electron chi connectivity index (χ1n) is 7.73. The summed E-state index contributed by atoms with van der Waals surface area (Å²) in [6.07, 6.45) is 2.05. The second kappa shape index (κ2) is 7.42. The number of allylic oxidation sites excluding steroid dienone is 4. The molecular formula is C18H16ClNO4S2. The molecular weight excluding hydrogens is 394 g/mol. The number of ketones is 1. The van der Waals surface area contributed by atoms with Crippen LogP contribution in [0, 0.1) is 0 Å². The summed E-state index contributed by atoms with van der Waals surface area (Å²) >= 11 is 9.52. The molecule has 1 aliphatic carbocycles. The smallest absolute Gasteiger partial charge is 0.307 e. The van der Waals surface area contributed by atoms with Gasteiger partial charge in [-0.15, -0.1) is 23.1 Å². The van der Waals surface area contributed by atoms with Crippen LogP contribution in [0.15, 0.2) is 54.5 Å². The Morgan fingerprint density at radius 3 is 2.73 bits per heavy atom. The topological polar surface area (TPSA) is 76.0 Å². The van der Waals surface area contributed by atoms with Gasteiger partial charge in [-0.3, -0.25) is 14.6 Å². The molecule has 0 amide bonds. The van der Waals surface area contributed by atoms with E-state index >= 15 is 0 Å². The highest BCUT2D eigenvalue weighted by molar-refractivity contribution is 8.00. The minimum absolute atomic E-state index is 0.142. The molecule has 0 aromatic carbocycles. The zero-order valence-electron chi connectivity index (χ0n) is 14.4. The Labute approximate surface area is 164 Å². The maximum Gasteiger partial charge on any atom is 0.307 e. The van der Waals surface area contributed by atoms with Crippen molar-refractivity contribution >= 4 is 52.2 Å². The van der Waals surface area contributed by atoms with Gasteiger partial charge in [0, 0.05) is 17.7 Å². The molecule has 0 unspecified atom stereocenters. The molecule has 2 aliphatic rings. The molecule has 0 saturated carbocycles. The summed E-state index contributed by atoms with van der Waals surface area (Å²) < 4.78 is 6.48. The summed E-state index contributed by atoms with van der Waals surface area (Å²) in [5.74, 6) is -0.806. The lowest BCUT2D eigenvalue weighted by Crippen LogP contribution is -2.19. The van der Waals surface area contributed by atoms with E-state index in [-0.39, 0.29) is 23.7 Å². The third-order valence-corrected chi connectivity index (χ3v) is 6.71. The van der Waals surface area contributed by atoms with E-state index in [0.29, 0.717) is 38.8 Å². The summed E-state index contributed by atoms with van der Waals surface area (Å²) in [5, 5.41) is 9.40. The standard InChI is InChI=1S/C18H16ClNO4S2/c1-8-9(7-13(21)22)15-11(20-8)6-10(18(24-2)16(15)19)17(23)12-4-5-14(25-3)26-12/h4-5H,6-7H2,1-3H3,(H,21,22). The van der Waals surface area contributed by atoms with Crippen LogP contribution in [0.1, 0.15) is 29.4 Å². The van der Waals surface area contributed by atoms with Gasteiger partial charge in [-0.25, -0.2) is 0 Å². The Bertz CT molecular complexity index is 937. The molecule has 0 fully saturated rings. The summed E-state index contributed by atoms with van der Waals surface area (Å²) in [5.41, 5.74) is 2.82. The van der Waals surface area contributed by atoms with Crippen molar-refractivity contribution in [1.82, 2.24) is 0 Å². The minimum Gasteiger partial charge on any atom is -0.495 e. The lowest BCUT2D eigenvalue weighted by molar-refractivity contribution is -0.136. The minimum atomic E-state index is -0.958. The summed E-state index contributed by atoms with van der Waals surface area (Å²) in [6, 6.07) is 3.70. The number of carboxylic acid groups (broad SMARTS) is 1. The number of ether oxygens (including phenoxy) is 1. The first-order valence-corrected chi connectivity index (χ1v) is 10.1. The number of aliphatic imine (C=N–C) groups is 1. The normalized spacial score (nSPS) is 16.8. The molecule has 0 spiro atoms. The van der Waals surface area contributed by atoms with Gasteiger partial charge in [-0.1, -0.05) is 11.6 Å². The number of nitrogens with zero attached hydrogens (tertiary/aromatic N) is 1. The van der Waals surface area contributed by atoms with Crippen molar-refractivity contribution in [2.75, 3.05) is 13.4 Å². The zero-order valence-corrected chi connectivity index (χ0v) is 16.8. The van der Waals surface area contributed by atoms with Crippen molar-refractivity contribution in [3.05, 3.63) is 50.2 Å². The third-order valence-electron chi connectivity index (χ3n) is 4.18. The van der Waals surface area contributed by atoms with E-state index in [4.69, 9.17) is 21.4 Å². The number of aliphatic carboxylic acids is 1. The van der Waals surface area contributed by atoms with Gasteiger partial charge in [0.1, 0.15) is 5.76 Å². The van der Waals surface area contributed by atoms with Gasteiger partial charge in [-0.05, 0) is 30.9 Å². The maximum atomic E-state index is 13.0. The number of carbonyl (C=O) groups is 2. The number of methoxy groups -OCH3 is 1. The first kappa shape index (κ1) is 18.9. The van der Waals surface area contributed by atoms with E-state index in [0.717, 1.165) is 4.21 Å². The Hall–Kier alpha value is -1.83. The molecule has 2 heterocycles. The lowest BCUT2D eigenvalue weighted by atomic mass is 9.88. The van der Waals surface area contributed by atoms with E-state index < -0.39 is 5.97 Å². The zero-order chi connectivity index (χ0) is 19.0. The third kappa shape index (κ3) is 3.26. The second-order valence-corrected chi connectivity index (χ2v) is 8.29. The molecule has 1 N–H and O–H groups in total. The number of halogens is 1. The summed E-state index contributed by atoms with van der Waals surface area (Å²) in [7, 11) is 1.46. The monoisotopic (exact) mass is 409 g/mol. The van der Waals surface area contributed by atoms with Gasteiger partial charge in [0.05, 0.1) is 38.9 Å². The van der Waals surface area contributed by atoms with E-state index in [1.807, 2.05) is 12.3 Å². The molecule has 1 aromatic heterocycles. The van der Waals surface area contributed by atoms with Gasteiger partial charge in [0.15, 0.2) is 0 Å². The van der Waals surface area contributed by atoms with Crippen molar-refractivity contribution in [3.63, 3.8) is 0 Å². The number of hydrogen-bond acceptors (Lipinski definition) is 6. The maximum absolute atomic E-state index is 13.0. The fourth-order valence-electron chi connectivity index (χ4n) is 3.03. The molecule has 0 radical (unpaired) electrons. The number of hydrogen-bond donors (Lipinski definition) is 1. The van der Waals surface area contributed by atoms with Crippen molar-refractivity contribution in [2.45, 2.75) is 24.0 Å². The van der Waals surface area contributed by atoms with Crippen LogP contribution in [0.4, 0.5) is 0 Å². The summed E-state index contributed by atoms with van der Waals surface area (Å²) in [6.45, 7) is 1.75. The molecule has 0 saturated heterocycles. The Morgan fingerprint density at radius 1 is 1.42 bits per heavy atom. The predicted octanol–water partition coefficient (Wildman–Crippen LogP) is 4.65. The number of thioether (sulfide) groups is 1. The predicted molar refractivity (Wildman–Crippen MR) is 104 cm³/mol. The van der Waals surface area contributed by atoms with Gasteiger partial charge in [-0.2, -0.15) is 0 Å². The molecule has 1 aliphatic heterocycles. The molecule has 136 valence electrons. The number of carboxylic acids is 1. The fraction of sp³-hybridized carbons (Fsp3) is 0.278. The van der Waals surface area contributed by atoms with E-state index in [9.17, 15) is 9.59 Å². The Kier molecular flexibility index (Phi) is 5.41. The van der Waals surface area contributed by atoms with Crippen LogP contribution >= 0.6 is 34.7 Å².